The highest BCUT2D eigenvalue weighted by molar-refractivity contribution is 7.86. The van der Waals surface area contributed by atoms with E-state index in [2.05, 4.69) is 14.9 Å². The number of rotatable bonds is 1. The van der Waals surface area contributed by atoms with Crippen molar-refractivity contribution in [3.05, 3.63) is 17.7 Å². The van der Waals surface area contributed by atoms with Gasteiger partial charge in [0, 0.05) is 0 Å². The lowest BCUT2D eigenvalue weighted by atomic mass is 10.2. The van der Waals surface area contributed by atoms with Gasteiger partial charge in [-0.25, -0.2) is 4.63 Å². The van der Waals surface area contributed by atoms with Crippen molar-refractivity contribution in [2.75, 3.05) is 0 Å². The van der Waals surface area contributed by atoms with Crippen LogP contribution in [0.5, 0.6) is 0 Å². The Balaban J connectivity index is 2.93. The van der Waals surface area contributed by atoms with Crippen molar-refractivity contribution in [1.29, 1.82) is 0 Å². The van der Waals surface area contributed by atoms with Crippen LogP contribution in [-0.4, -0.2) is 23.3 Å². The first-order chi connectivity index (χ1) is 6.50. The van der Waals surface area contributed by atoms with Crippen molar-refractivity contribution in [1.82, 2.24) is 10.3 Å². The molecule has 0 aliphatic heterocycles. The van der Waals surface area contributed by atoms with Crippen LogP contribution in [0.3, 0.4) is 0 Å². The highest BCUT2D eigenvalue weighted by Gasteiger charge is 2.18. The number of benzene rings is 1. The summed E-state index contributed by atoms with van der Waals surface area (Å²) >= 11 is 0. The van der Waals surface area contributed by atoms with E-state index in [9.17, 15) is 8.42 Å². The molecule has 0 aliphatic carbocycles. The Labute approximate surface area is 79.2 Å². The average molecular weight is 214 g/mol. The molecule has 1 heterocycles. The Morgan fingerprint density at radius 1 is 1.29 bits per heavy atom. The second-order valence-electron chi connectivity index (χ2n) is 2.82. The number of nitrogens with zero attached hydrogens (tertiary/aromatic N) is 2. The molecule has 0 bridgehead atoms. The molecule has 0 aliphatic rings. The van der Waals surface area contributed by atoms with Gasteiger partial charge in [-0.15, -0.1) is 0 Å². The third kappa shape index (κ3) is 1.26. The van der Waals surface area contributed by atoms with Gasteiger partial charge in [0.05, 0.1) is 0 Å². The number of aromatic nitrogens is 2. The fourth-order valence-electron chi connectivity index (χ4n) is 1.18. The topological polar surface area (TPSA) is 93.3 Å². The lowest BCUT2D eigenvalue weighted by Crippen LogP contribution is -1.99. The zero-order valence-corrected chi connectivity index (χ0v) is 7.95. The molecule has 74 valence electrons. The highest BCUT2D eigenvalue weighted by Crippen LogP contribution is 2.22. The van der Waals surface area contributed by atoms with Gasteiger partial charge in [-0.2, -0.15) is 8.42 Å². The van der Waals surface area contributed by atoms with Gasteiger partial charge in [-0.3, -0.25) is 4.55 Å². The quantitative estimate of drug-likeness (QED) is 0.705. The van der Waals surface area contributed by atoms with E-state index in [1.807, 2.05) is 0 Å². The normalized spacial score (nSPS) is 12.1. The van der Waals surface area contributed by atoms with Gasteiger partial charge < -0.3 is 0 Å². The molecule has 0 unspecified atom stereocenters. The fourth-order valence-corrected chi connectivity index (χ4v) is 1.79. The maximum atomic E-state index is 10.9. The number of hydrogen-bond donors (Lipinski definition) is 1. The van der Waals surface area contributed by atoms with E-state index in [1.54, 1.807) is 6.92 Å². The molecule has 7 heteroatoms. The molecule has 0 radical (unpaired) electrons. The number of hydrogen-bond acceptors (Lipinski definition) is 5. The second-order valence-corrected chi connectivity index (χ2v) is 4.21. The summed E-state index contributed by atoms with van der Waals surface area (Å²) in [5.41, 5.74) is 1.11. The van der Waals surface area contributed by atoms with Crippen molar-refractivity contribution in [2.45, 2.75) is 11.8 Å². The van der Waals surface area contributed by atoms with Crippen LogP contribution in [0.1, 0.15) is 5.56 Å². The molecular formula is C7H6N2O4S. The van der Waals surface area contributed by atoms with Gasteiger partial charge in [0.15, 0.2) is 5.52 Å². The summed E-state index contributed by atoms with van der Waals surface area (Å²) in [4.78, 5) is -0.292. The SMILES string of the molecule is Cc1ccc(S(=O)(=O)O)c2nonc12. The Morgan fingerprint density at radius 2 is 1.93 bits per heavy atom. The van der Waals surface area contributed by atoms with Crippen molar-refractivity contribution < 1.29 is 17.6 Å². The van der Waals surface area contributed by atoms with Crippen LogP contribution < -0.4 is 0 Å². The molecule has 14 heavy (non-hydrogen) atoms. The lowest BCUT2D eigenvalue weighted by molar-refractivity contribution is 0.315. The van der Waals surface area contributed by atoms with Gasteiger partial charge in [-0.1, -0.05) is 6.07 Å². The molecule has 1 N–H and O–H groups in total. The highest BCUT2D eigenvalue weighted by atomic mass is 32.2. The molecule has 1 aromatic heterocycles. The van der Waals surface area contributed by atoms with Crippen LogP contribution in [-0.2, 0) is 10.1 Å². The van der Waals surface area contributed by atoms with Crippen molar-refractivity contribution in [3.8, 4) is 0 Å². The molecule has 6 nitrogen and oxygen atoms in total. The van der Waals surface area contributed by atoms with Crippen LogP contribution in [0, 0.1) is 6.92 Å². The second kappa shape index (κ2) is 2.76. The van der Waals surface area contributed by atoms with Crippen molar-refractivity contribution in [2.24, 2.45) is 0 Å². The molecule has 0 saturated heterocycles. The van der Waals surface area contributed by atoms with E-state index in [4.69, 9.17) is 4.55 Å². The minimum absolute atomic E-state index is 0.0486. The van der Waals surface area contributed by atoms with E-state index in [0.29, 0.717) is 5.52 Å². The molecule has 0 atom stereocenters. The first-order valence-electron chi connectivity index (χ1n) is 3.69. The van der Waals surface area contributed by atoms with Crippen LogP contribution in [0.25, 0.3) is 11.0 Å². The van der Waals surface area contributed by atoms with Gasteiger partial charge >= 0.3 is 0 Å². The molecule has 2 rings (SSSR count). The first kappa shape index (κ1) is 9.10. The summed E-state index contributed by atoms with van der Waals surface area (Å²) in [6.45, 7) is 1.74. The summed E-state index contributed by atoms with van der Waals surface area (Å²) in [5, 5.41) is 6.95. The average Bonchev–Trinajstić information content (AvgIpc) is 2.50. The largest absolute Gasteiger partial charge is 0.296 e. The molecule has 0 saturated carbocycles. The standard InChI is InChI=1S/C7H6N2O4S/c1-4-2-3-5(14(10,11)12)7-6(4)8-13-9-7/h2-3H,1H3,(H,10,11,12). The summed E-state index contributed by atoms with van der Waals surface area (Å²) in [6, 6.07) is 2.78. The monoisotopic (exact) mass is 214 g/mol. The Kier molecular flexibility index (Phi) is 1.79. The maximum absolute atomic E-state index is 10.9. The van der Waals surface area contributed by atoms with Gasteiger partial charge in [0.25, 0.3) is 10.1 Å². The zero-order valence-electron chi connectivity index (χ0n) is 7.13. The Morgan fingerprint density at radius 3 is 2.57 bits per heavy atom. The van der Waals surface area contributed by atoms with E-state index in [0.717, 1.165) is 5.56 Å². The molecule has 0 fully saturated rings. The predicted octanol–water partition coefficient (Wildman–Crippen LogP) is 0.778. The van der Waals surface area contributed by atoms with Crippen LogP contribution in [0.4, 0.5) is 0 Å². The molecule has 0 amide bonds. The summed E-state index contributed by atoms with van der Waals surface area (Å²) in [5.74, 6) is 0. The van der Waals surface area contributed by atoms with Crippen LogP contribution >= 0.6 is 0 Å². The first-order valence-corrected chi connectivity index (χ1v) is 5.13. The molecule has 2 aromatic rings. The third-order valence-corrected chi connectivity index (χ3v) is 2.74. The third-order valence-electron chi connectivity index (χ3n) is 1.86. The molecule has 1 aromatic carbocycles. The maximum Gasteiger partial charge on any atom is 0.296 e. The summed E-state index contributed by atoms with van der Waals surface area (Å²) in [6.07, 6.45) is 0. The van der Waals surface area contributed by atoms with E-state index < -0.39 is 10.1 Å². The Hall–Kier alpha value is -1.47. The van der Waals surface area contributed by atoms with Crippen LogP contribution in [0.2, 0.25) is 0 Å². The molecular weight excluding hydrogens is 208 g/mol. The van der Waals surface area contributed by atoms with Gasteiger partial charge in [0.2, 0.25) is 0 Å². The summed E-state index contributed by atoms with van der Waals surface area (Å²) in [7, 11) is -4.28. The minimum atomic E-state index is -4.28. The zero-order chi connectivity index (χ0) is 10.3. The fraction of sp³-hybridized carbons (Fsp3) is 0.143. The van der Waals surface area contributed by atoms with E-state index in [-0.39, 0.29) is 10.4 Å². The lowest BCUT2D eigenvalue weighted by Gasteiger charge is -1.97. The minimum Gasteiger partial charge on any atom is -0.282 e. The van der Waals surface area contributed by atoms with Crippen LogP contribution in [0.15, 0.2) is 21.7 Å². The van der Waals surface area contributed by atoms with Gasteiger partial charge in [0.1, 0.15) is 10.4 Å². The van der Waals surface area contributed by atoms with Crippen molar-refractivity contribution in [3.63, 3.8) is 0 Å². The number of aryl methyl sites for hydroxylation is 1. The smallest absolute Gasteiger partial charge is 0.282 e. The van der Waals surface area contributed by atoms with Crippen molar-refractivity contribution >= 4 is 21.2 Å². The Bertz CT molecular complexity index is 587. The van der Waals surface area contributed by atoms with E-state index >= 15 is 0 Å². The summed E-state index contributed by atoms with van der Waals surface area (Å²) < 4.78 is 35.1. The molecule has 0 spiro atoms. The van der Waals surface area contributed by atoms with E-state index in [1.165, 1.54) is 12.1 Å². The number of fused-ring (bicyclic) bond motifs is 1. The van der Waals surface area contributed by atoms with Gasteiger partial charge in [-0.05, 0) is 28.9 Å². The predicted molar refractivity (Wildman–Crippen MR) is 46.4 cm³/mol.